The number of rotatable bonds is 6. The number of hydrogen-bond donors (Lipinski definition) is 0. The molecular weight excluding hydrogens is 401 g/mol. The molecule has 172 valence electrons. The quantitative estimate of drug-likeness (QED) is 0.268. The molecule has 4 rings (SSSR count). The molecule has 4 heteroatoms. The summed E-state index contributed by atoms with van der Waals surface area (Å²) in [5.41, 5.74) is 0.225. The van der Waals surface area contributed by atoms with Gasteiger partial charge in [0.2, 0.25) is 0 Å². The van der Waals surface area contributed by atoms with Crippen molar-refractivity contribution in [1.82, 2.24) is 0 Å². The second-order valence-electron chi connectivity index (χ2n) is 10.4. The number of esters is 1. The predicted molar refractivity (Wildman–Crippen MR) is 123 cm³/mol. The van der Waals surface area contributed by atoms with Crippen LogP contribution in [0.5, 0.6) is 5.75 Å². The van der Waals surface area contributed by atoms with Gasteiger partial charge in [-0.05, 0) is 118 Å². The van der Waals surface area contributed by atoms with E-state index in [2.05, 4.69) is 12.7 Å². The van der Waals surface area contributed by atoms with E-state index in [9.17, 15) is 9.18 Å². The van der Waals surface area contributed by atoms with Crippen LogP contribution in [-0.4, -0.2) is 5.97 Å². The van der Waals surface area contributed by atoms with Gasteiger partial charge >= 0.3 is 5.97 Å². The smallest absolute Gasteiger partial charge is 0.314 e. The SMILES string of the molecule is C=CCCC1CCC2CC(C3CCC(C(=O)Oc4ccc(C#N)cc4F)CC3)CCC2C1. The van der Waals surface area contributed by atoms with Crippen LogP contribution in [0.4, 0.5) is 4.39 Å². The number of nitrogens with zero attached hydrogens (tertiary/aromatic N) is 1. The van der Waals surface area contributed by atoms with Crippen molar-refractivity contribution in [3.8, 4) is 11.8 Å². The summed E-state index contributed by atoms with van der Waals surface area (Å²) in [6.07, 6.45) is 16.8. The van der Waals surface area contributed by atoms with Crippen molar-refractivity contribution in [3.05, 3.63) is 42.2 Å². The number of carbonyl (C=O) groups excluding carboxylic acids is 1. The van der Waals surface area contributed by atoms with Gasteiger partial charge in [0.05, 0.1) is 17.6 Å². The first kappa shape index (κ1) is 23.0. The van der Waals surface area contributed by atoms with E-state index in [4.69, 9.17) is 10.00 Å². The zero-order valence-corrected chi connectivity index (χ0v) is 19.1. The van der Waals surface area contributed by atoms with E-state index < -0.39 is 5.82 Å². The van der Waals surface area contributed by atoms with Crippen LogP contribution in [0.2, 0.25) is 0 Å². The molecule has 4 unspecified atom stereocenters. The maximum atomic E-state index is 14.1. The Labute approximate surface area is 192 Å². The summed E-state index contributed by atoms with van der Waals surface area (Å²) in [5, 5.41) is 8.85. The molecule has 32 heavy (non-hydrogen) atoms. The molecule has 0 radical (unpaired) electrons. The Morgan fingerprint density at radius 3 is 2.38 bits per heavy atom. The molecule has 1 aromatic carbocycles. The highest BCUT2D eigenvalue weighted by Crippen LogP contribution is 2.49. The van der Waals surface area contributed by atoms with Gasteiger partial charge in [0.25, 0.3) is 0 Å². The molecule has 3 aliphatic rings. The van der Waals surface area contributed by atoms with Gasteiger partial charge in [0.1, 0.15) is 0 Å². The third kappa shape index (κ3) is 5.42. The molecule has 3 nitrogen and oxygen atoms in total. The molecule has 3 fully saturated rings. The van der Waals surface area contributed by atoms with Crippen LogP contribution in [0.3, 0.4) is 0 Å². The standard InChI is InChI=1S/C28H36FNO2/c1-2-3-4-19-5-7-25-17-24(13-12-23(25)15-19)21-8-10-22(11-9-21)28(31)32-27-14-6-20(18-30)16-26(27)29/h2,6,14,16,19,21-25H,1,3-5,7-13,15,17H2. The Balaban J connectivity index is 1.23. The van der Waals surface area contributed by atoms with Gasteiger partial charge in [-0.25, -0.2) is 4.39 Å². The summed E-state index contributed by atoms with van der Waals surface area (Å²) in [7, 11) is 0. The summed E-state index contributed by atoms with van der Waals surface area (Å²) in [6.45, 7) is 3.88. The van der Waals surface area contributed by atoms with Gasteiger partial charge in [-0.15, -0.1) is 6.58 Å². The van der Waals surface area contributed by atoms with Crippen molar-refractivity contribution in [3.63, 3.8) is 0 Å². The van der Waals surface area contributed by atoms with Crippen molar-refractivity contribution < 1.29 is 13.9 Å². The highest BCUT2D eigenvalue weighted by molar-refractivity contribution is 5.75. The van der Waals surface area contributed by atoms with E-state index in [1.807, 2.05) is 6.07 Å². The van der Waals surface area contributed by atoms with Crippen LogP contribution in [0.1, 0.15) is 82.6 Å². The van der Waals surface area contributed by atoms with Crippen molar-refractivity contribution in [2.45, 2.75) is 77.0 Å². The van der Waals surface area contributed by atoms with Crippen molar-refractivity contribution in [2.24, 2.45) is 35.5 Å². The first-order valence-corrected chi connectivity index (χ1v) is 12.6. The minimum atomic E-state index is -0.651. The number of carbonyl (C=O) groups is 1. The molecule has 0 N–H and O–H groups in total. The van der Waals surface area contributed by atoms with E-state index in [0.29, 0.717) is 0 Å². The highest BCUT2D eigenvalue weighted by atomic mass is 19.1. The zero-order chi connectivity index (χ0) is 22.5. The van der Waals surface area contributed by atoms with Crippen LogP contribution >= 0.6 is 0 Å². The number of halogens is 1. The van der Waals surface area contributed by atoms with E-state index in [1.54, 1.807) is 0 Å². The molecular formula is C28H36FNO2. The number of ether oxygens (including phenoxy) is 1. The second-order valence-corrected chi connectivity index (χ2v) is 10.4. The van der Waals surface area contributed by atoms with Crippen LogP contribution in [0.25, 0.3) is 0 Å². The topological polar surface area (TPSA) is 50.1 Å². The third-order valence-electron chi connectivity index (χ3n) is 8.58. The average Bonchev–Trinajstić information content (AvgIpc) is 2.83. The maximum Gasteiger partial charge on any atom is 0.314 e. The molecule has 3 aliphatic carbocycles. The lowest BCUT2D eigenvalue weighted by Crippen LogP contribution is -2.35. The van der Waals surface area contributed by atoms with Crippen LogP contribution in [0, 0.1) is 52.7 Å². The summed E-state index contributed by atoms with van der Waals surface area (Å²) in [5.74, 6) is 3.11. The average molecular weight is 438 g/mol. The molecule has 0 aliphatic heterocycles. The third-order valence-corrected chi connectivity index (χ3v) is 8.58. The minimum absolute atomic E-state index is 0.0712. The Morgan fingerprint density at radius 1 is 1.03 bits per heavy atom. The number of hydrogen-bond acceptors (Lipinski definition) is 3. The molecule has 0 bridgehead atoms. The Morgan fingerprint density at radius 2 is 1.69 bits per heavy atom. The molecule has 0 aromatic heterocycles. The van der Waals surface area contributed by atoms with Gasteiger partial charge in [-0.2, -0.15) is 5.26 Å². The molecule has 0 amide bonds. The lowest BCUT2D eigenvalue weighted by molar-refractivity contribution is -0.140. The fourth-order valence-electron chi connectivity index (χ4n) is 6.74. The molecule has 1 aromatic rings. The lowest BCUT2D eigenvalue weighted by atomic mass is 9.60. The first-order chi connectivity index (χ1) is 15.6. The van der Waals surface area contributed by atoms with Gasteiger partial charge in [0, 0.05) is 0 Å². The molecule has 3 saturated carbocycles. The Hall–Kier alpha value is -2.15. The molecule has 4 atom stereocenters. The summed E-state index contributed by atoms with van der Waals surface area (Å²) in [6, 6.07) is 5.86. The Bertz CT molecular complexity index is 851. The molecule has 0 spiro atoms. The zero-order valence-electron chi connectivity index (χ0n) is 19.1. The molecule has 0 saturated heterocycles. The number of fused-ring (bicyclic) bond motifs is 1. The van der Waals surface area contributed by atoms with Gasteiger partial charge < -0.3 is 4.74 Å². The van der Waals surface area contributed by atoms with Gasteiger partial charge in [-0.3, -0.25) is 4.79 Å². The highest BCUT2D eigenvalue weighted by Gasteiger charge is 2.39. The van der Waals surface area contributed by atoms with E-state index in [1.165, 1.54) is 57.1 Å². The van der Waals surface area contributed by atoms with Crippen molar-refractivity contribution in [1.29, 1.82) is 5.26 Å². The van der Waals surface area contributed by atoms with E-state index >= 15 is 0 Å². The summed E-state index contributed by atoms with van der Waals surface area (Å²) in [4.78, 5) is 12.6. The van der Waals surface area contributed by atoms with E-state index in [-0.39, 0.29) is 23.2 Å². The molecule has 0 heterocycles. The monoisotopic (exact) mass is 437 g/mol. The number of allylic oxidation sites excluding steroid dienone is 1. The fraction of sp³-hybridized carbons (Fsp3) is 0.643. The van der Waals surface area contributed by atoms with E-state index in [0.717, 1.165) is 67.8 Å². The number of nitriles is 1. The minimum Gasteiger partial charge on any atom is -0.423 e. The van der Waals surface area contributed by atoms with Gasteiger partial charge in [0.15, 0.2) is 11.6 Å². The van der Waals surface area contributed by atoms with Crippen molar-refractivity contribution >= 4 is 5.97 Å². The largest absolute Gasteiger partial charge is 0.423 e. The predicted octanol–water partition coefficient (Wildman–Crippen LogP) is 7.21. The van der Waals surface area contributed by atoms with Crippen LogP contribution < -0.4 is 4.74 Å². The van der Waals surface area contributed by atoms with Gasteiger partial charge in [-0.1, -0.05) is 12.5 Å². The second kappa shape index (κ2) is 10.6. The van der Waals surface area contributed by atoms with Crippen LogP contribution in [-0.2, 0) is 4.79 Å². The number of benzene rings is 1. The maximum absolute atomic E-state index is 14.1. The fourth-order valence-corrected chi connectivity index (χ4v) is 6.74. The first-order valence-electron chi connectivity index (χ1n) is 12.6. The summed E-state index contributed by atoms with van der Waals surface area (Å²) >= 11 is 0. The van der Waals surface area contributed by atoms with Crippen LogP contribution in [0.15, 0.2) is 30.9 Å². The normalized spacial score (nSPS) is 32.4. The van der Waals surface area contributed by atoms with Crippen molar-refractivity contribution in [2.75, 3.05) is 0 Å². The Kier molecular flexibility index (Phi) is 7.66. The lowest BCUT2D eigenvalue weighted by Gasteiger charge is -2.45. The summed E-state index contributed by atoms with van der Waals surface area (Å²) < 4.78 is 19.4.